The predicted molar refractivity (Wildman–Crippen MR) is 147 cm³/mol. The van der Waals surface area contributed by atoms with Gasteiger partial charge in [0, 0.05) is 0 Å². The number of fused-ring (bicyclic) bond motifs is 3. The molecule has 0 aliphatic heterocycles. The van der Waals surface area contributed by atoms with Gasteiger partial charge in [0.05, 0.1) is 0 Å². The van der Waals surface area contributed by atoms with E-state index in [-0.39, 0.29) is 10.8 Å². The molecule has 5 rings (SSSR count). The van der Waals surface area contributed by atoms with Crippen LogP contribution < -0.4 is 6.54 Å². The summed E-state index contributed by atoms with van der Waals surface area (Å²) < 4.78 is 9.96. The van der Waals surface area contributed by atoms with Crippen molar-refractivity contribution in [1.82, 2.24) is 0 Å². The molecule has 0 amide bonds. The fraction of sp³-hybridized carbons (Fsp3) is 0.303. The van der Waals surface area contributed by atoms with Gasteiger partial charge in [0.15, 0.2) is 0 Å². The number of benzene rings is 3. The summed E-state index contributed by atoms with van der Waals surface area (Å²) in [5.41, 5.74) is 9.03. The second-order valence-electron chi connectivity index (χ2n) is 12.2. The number of hydrogen-bond acceptors (Lipinski definition) is 0. The van der Waals surface area contributed by atoms with Crippen LogP contribution in [0.1, 0.15) is 70.2 Å². The summed E-state index contributed by atoms with van der Waals surface area (Å²) in [5.74, 6) is 0. The topological polar surface area (TPSA) is 0 Å². The minimum atomic E-state index is -3.44. The van der Waals surface area contributed by atoms with Crippen molar-refractivity contribution in [2.75, 3.05) is 0 Å². The first-order valence-corrected chi connectivity index (χ1v) is 18.0. The molecule has 0 bridgehead atoms. The molecule has 3 aromatic carbocycles. The van der Waals surface area contributed by atoms with Crippen LogP contribution in [-0.2, 0) is 37.0 Å². The molecule has 2 aliphatic rings. The summed E-state index contributed by atoms with van der Waals surface area (Å²) in [5, 5.41) is 0. The quantitative estimate of drug-likeness (QED) is 0.265. The van der Waals surface area contributed by atoms with Crippen molar-refractivity contribution in [3.8, 4) is 11.1 Å². The van der Waals surface area contributed by atoms with Crippen molar-refractivity contribution >= 4 is 10.8 Å². The average Bonchev–Trinajstić information content (AvgIpc) is 3.45. The summed E-state index contributed by atoms with van der Waals surface area (Å²) in [7, 11) is 0. The molecule has 3 aromatic rings. The van der Waals surface area contributed by atoms with E-state index < -0.39 is 19.8 Å². The molecule has 0 fully saturated rings. The summed E-state index contributed by atoms with van der Waals surface area (Å²) in [4.78, 5) is 0. The van der Waals surface area contributed by atoms with E-state index in [1.165, 1.54) is 31.1 Å². The van der Waals surface area contributed by atoms with Crippen LogP contribution in [0.5, 0.6) is 0 Å². The Balaban J connectivity index is 1.82. The first-order valence-electron chi connectivity index (χ1n) is 12.6. The molecule has 0 aromatic heterocycles. The van der Waals surface area contributed by atoms with Gasteiger partial charge in [-0.15, -0.1) is 0 Å². The fourth-order valence-electron chi connectivity index (χ4n) is 5.83. The van der Waals surface area contributed by atoms with Crippen molar-refractivity contribution in [3.05, 3.63) is 104 Å². The Labute approximate surface area is 210 Å². The van der Waals surface area contributed by atoms with Gasteiger partial charge in [0.1, 0.15) is 0 Å². The van der Waals surface area contributed by atoms with Gasteiger partial charge < -0.3 is 0 Å². The maximum absolute atomic E-state index is 5.27. The molecular weight excluding hydrogens is 488 g/mol. The van der Waals surface area contributed by atoms with Crippen LogP contribution in [0.2, 0.25) is 0 Å². The Morgan fingerprint density at radius 1 is 0.794 bits per heavy atom. The van der Waals surface area contributed by atoms with Gasteiger partial charge in [-0.1, -0.05) is 0 Å². The van der Waals surface area contributed by atoms with Crippen molar-refractivity contribution in [3.63, 3.8) is 0 Å². The Morgan fingerprint density at radius 3 is 2.12 bits per heavy atom. The Hall–Kier alpha value is -2.11. The van der Waals surface area contributed by atoms with E-state index >= 15 is 0 Å². The fourth-order valence-corrected chi connectivity index (χ4v) is 16.3. The van der Waals surface area contributed by atoms with E-state index in [0.717, 1.165) is 12.8 Å². The molecule has 1 unspecified atom stereocenters. The zero-order valence-electron chi connectivity index (χ0n) is 21.6. The second kappa shape index (κ2) is 8.24. The molecule has 0 N–H and O–H groups in total. The predicted octanol–water partition coefficient (Wildman–Crippen LogP) is 7.23. The van der Waals surface area contributed by atoms with Gasteiger partial charge in [-0.2, -0.15) is 0 Å². The number of allylic oxidation sites excluding steroid dienone is 4. The molecule has 0 spiro atoms. The Bertz CT molecular complexity index is 1370. The normalized spacial score (nSPS) is 16.7. The van der Waals surface area contributed by atoms with Crippen LogP contribution in [0.25, 0.3) is 11.1 Å². The molecular formula is C33H37Zr. The van der Waals surface area contributed by atoms with E-state index in [0.29, 0.717) is 0 Å². The zero-order chi connectivity index (χ0) is 24.3. The van der Waals surface area contributed by atoms with Crippen LogP contribution in [-0.4, -0.2) is 4.21 Å². The van der Waals surface area contributed by atoms with Gasteiger partial charge >= 0.3 is 211 Å². The maximum atomic E-state index is 5.27. The summed E-state index contributed by atoms with van der Waals surface area (Å²) in [6, 6.07) is 23.3. The molecule has 173 valence electrons. The van der Waals surface area contributed by atoms with Gasteiger partial charge in [-0.05, 0) is 0 Å². The number of hydrogen-bond donors (Lipinski definition) is 0. The summed E-state index contributed by atoms with van der Waals surface area (Å²) >= 11 is -3.44. The molecule has 34 heavy (non-hydrogen) atoms. The molecule has 0 radical (unpaired) electrons. The van der Waals surface area contributed by atoms with Crippen molar-refractivity contribution in [1.29, 1.82) is 0 Å². The SMILES string of the molecule is [CH2]=[Zr]([C]1=CC=CC1)([c]1ccccc1)[c]1c(C(C)(C)C)ccc2c1Cc1cc(C(C)(C)C)ccc1-2. The van der Waals surface area contributed by atoms with Crippen molar-refractivity contribution in [2.24, 2.45) is 0 Å². The van der Waals surface area contributed by atoms with Crippen LogP contribution in [0.4, 0.5) is 0 Å². The van der Waals surface area contributed by atoms with Gasteiger partial charge in [-0.3, -0.25) is 0 Å². The molecule has 0 nitrogen and oxygen atoms in total. The van der Waals surface area contributed by atoms with Gasteiger partial charge in [0.25, 0.3) is 0 Å². The Morgan fingerprint density at radius 2 is 1.50 bits per heavy atom. The summed E-state index contributed by atoms with van der Waals surface area (Å²) in [6.45, 7) is 14.1. The number of rotatable bonds is 3. The standard InChI is InChI=1S/C21H25.C6H5.C5H5.CH2.Zr/c1-20(2,3)16-7-9-18-14(12-16)11-15-13-17(21(4,5)6)8-10-19(15)18;1-2-4-6-5-3-1;1-2-4-5-3-1;;/h7-10,12H,11H2,1-6H3;1-5H;1-3H,4H2;1H2;. The molecule has 0 heterocycles. The van der Waals surface area contributed by atoms with Crippen LogP contribution in [0.15, 0.2) is 82.2 Å². The van der Waals surface area contributed by atoms with E-state index in [4.69, 9.17) is 4.21 Å². The monoisotopic (exact) mass is 523 g/mol. The van der Waals surface area contributed by atoms with E-state index in [2.05, 4.69) is 120 Å². The van der Waals surface area contributed by atoms with Gasteiger partial charge in [0.2, 0.25) is 0 Å². The zero-order valence-corrected chi connectivity index (χ0v) is 24.1. The van der Waals surface area contributed by atoms with Crippen LogP contribution >= 0.6 is 0 Å². The molecule has 0 saturated heterocycles. The average molecular weight is 525 g/mol. The third kappa shape index (κ3) is 3.81. The van der Waals surface area contributed by atoms with Gasteiger partial charge in [-0.25, -0.2) is 0 Å². The third-order valence-electron chi connectivity index (χ3n) is 7.76. The van der Waals surface area contributed by atoms with E-state index in [1.807, 2.05) is 0 Å². The second-order valence-corrected chi connectivity index (χ2v) is 20.8. The summed E-state index contributed by atoms with van der Waals surface area (Å²) in [6.07, 6.45) is 9.03. The molecule has 1 heteroatoms. The van der Waals surface area contributed by atoms with Crippen LogP contribution in [0, 0.1) is 0 Å². The minimum absolute atomic E-state index is 0.0664. The van der Waals surface area contributed by atoms with Crippen LogP contribution in [0.3, 0.4) is 0 Å². The molecule has 1 atom stereocenters. The first kappa shape index (κ1) is 23.6. The third-order valence-corrected chi connectivity index (χ3v) is 18.1. The van der Waals surface area contributed by atoms with E-state index in [9.17, 15) is 0 Å². The molecule has 0 saturated carbocycles. The van der Waals surface area contributed by atoms with Crippen molar-refractivity contribution in [2.45, 2.75) is 65.2 Å². The Kier molecular flexibility index (Phi) is 5.72. The molecule has 2 aliphatic carbocycles. The van der Waals surface area contributed by atoms with E-state index in [1.54, 1.807) is 12.1 Å². The van der Waals surface area contributed by atoms with Crippen molar-refractivity contribution < 1.29 is 19.8 Å². The first-order chi connectivity index (χ1) is 16.0.